The molecule has 2 aromatic carbocycles. The van der Waals surface area contributed by atoms with Gasteiger partial charge in [-0.05, 0) is 59.8 Å². The highest BCUT2D eigenvalue weighted by Gasteiger charge is 2.25. The number of carbonyl (C=O) groups excluding carboxylic acids is 2. The predicted octanol–water partition coefficient (Wildman–Crippen LogP) is 2.33. The third-order valence-electron chi connectivity index (χ3n) is 6.08. The minimum absolute atomic E-state index is 0.0119. The van der Waals surface area contributed by atoms with E-state index < -0.39 is 18.0 Å². The summed E-state index contributed by atoms with van der Waals surface area (Å²) in [6, 6.07) is 11.9. The van der Waals surface area contributed by atoms with Crippen molar-refractivity contribution in [2.45, 2.75) is 38.3 Å². The standard InChI is InChI=1S/C25H27FN4O3/c1-16(31)30-9-7-20-11-17(5-6-23(20)30)18-3-4-19(22(26)13-18)12-21(14-27)29-25(32)24-15-28-8-2-10-33-24/h3-6,11,13,21,24,28H,2,7-10,12,15H2,1H3,(H,29,32)/t21?,24-/m0/s1. The molecule has 7 nitrogen and oxygen atoms in total. The van der Waals surface area contributed by atoms with Crippen molar-refractivity contribution in [3.8, 4) is 17.2 Å². The Labute approximate surface area is 192 Å². The smallest absolute Gasteiger partial charge is 0.251 e. The molecule has 0 aliphatic carbocycles. The lowest BCUT2D eigenvalue weighted by Crippen LogP contribution is -2.46. The Bertz CT molecular complexity index is 1090. The van der Waals surface area contributed by atoms with Crippen LogP contribution in [-0.2, 0) is 27.2 Å². The van der Waals surface area contributed by atoms with Crippen molar-refractivity contribution in [3.05, 3.63) is 53.3 Å². The van der Waals surface area contributed by atoms with Gasteiger partial charge >= 0.3 is 0 Å². The Hall–Kier alpha value is -3.28. The molecule has 2 heterocycles. The molecule has 33 heavy (non-hydrogen) atoms. The van der Waals surface area contributed by atoms with Crippen molar-refractivity contribution in [2.75, 3.05) is 31.1 Å². The zero-order valence-corrected chi connectivity index (χ0v) is 18.6. The van der Waals surface area contributed by atoms with Crippen LogP contribution in [0.25, 0.3) is 11.1 Å². The zero-order chi connectivity index (χ0) is 23.4. The second-order valence-electron chi connectivity index (χ2n) is 8.38. The molecule has 2 aliphatic rings. The summed E-state index contributed by atoms with van der Waals surface area (Å²) in [6.45, 7) is 3.85. The molecule has 172 valence electrons. The molecule has 0 aromatic heterocycles. The molecule has 0 spiro atoms. The van der Waals surface area contributed by atoms with Gasteiger partial charge in [0.05, 0.1) is 6.07 Å². The maximum absolute atomic E-state index is 14.9. The first-order valence-electron chi connectivity index (χ1n) is 11.2. The van der Waals surface area contributed by atoms with Gasteiger partial charge in [-0.3, -0.25) is 9.59 Å². The summed E-state index contributed by atoms with van der Waals surface area (Å²) in [5, 5.41) is 15.3. The van der Waals surface area contributed by atoms with Crippen LogP contribution in [0.4, 0.5) is 10.1 Å². The maximum atomic E-state index is 14.9. The number of anilines is 1. The van der Waals surface area contributed by atoms with Gasteiger partial charge in [-0.1, -0.05) is 18.2 Å². The van der Waals surface area contributed by atoms with E-state index in [4.69, 9.17) is 4.74 Å². The number of nitriles is 1. The van der Waals surface area contributed by atoms with Crippen LogP contribution >= 0.6 is 0 Å². The van der Waals surface area contributed by atoms with Crippen LogP contribution in [0.5, 0.6) is 0 Å². The summed E-state index contributed by atoms with van der Waals surface area (Å²) >= 11 is 0. The first-order valence-corrected chi connectivity index (χ1v) is 11.2. The number of nitrogens with zero attached hydrogens (tertiary/aromatic N) is 2. The quantitative estimate of drug-likeness (QED) is 0.729. The van der Waals surface area contributed by atoms with Crippen LogP contribution in [-0.4, -0.2) is 50.2 Å². The monoisotopic (exact) mass is 450 g/mol. The Balaban J connectivity index is 1.44. The third-order valence-corrected chi connectivity index (χ3v) is 6.08. The summed E-state index contributed by atoms with van der Waals surface area (Å²) in [7, 11) is 0. The van der Waals surface area contributed by atoms with Gasteiger partial charge < -0.3 is 20.3 Å². The van der Waals surface area contributed by atoms with Crippen LogP contribution in [0.2, 0.25) is 0 Å². The topological polar surface area (TPSA) is 94.5 Å². The Morgan fingerprint density at radius 3 is 2.85 bits per heavy atom. The van der Waals surface area contributed by atoms with Gasteiger partial charge in [-0.2, -0.15) is 5.26 Å². The van der Waals surface area contributed by atoms with E-state index >= 15 is 0 Å². The Morgan fingerprint density at radius 2 is 2.09 bits per heavy atom. The molecule has 1 saturated heterocycles. The van der Waals surface area contributed by atoms with E-state index in [2.05, 4.69) is 10.6 Å². The number of halogens is 1. The molecular formula is C25H27FN4O3. The van der Waals surface area contributed by atoms with Crippen molar-refractivity contribution < 1.29 is 18.7 Å². The normalized spacial score (nSPS) is 18.7. The molecule has 0 saturated carbocycles. The second-order valence-corrected chi connectivity index (χ2v) is 8.38. The van der Waals surface area contributed by atoms with Gasteiger partial charge in [0.15, 0.2) is 0 Å². The number of fused-ring (bicyclic) bond motifs is 1. The lowest BCUT2D eigenvalue weighted by atomic mass is 9.98. The zero-order valence-electron chi connectivity index (χ0n) is 18.6. The molecule has 2 aliphatic heterocycles. The fraction of sp³-hybridized carbons (Fsp3) is 0.400. The Kier molecular flexibility index (Phi) is 7.02. The van der Waals surface area contributed by atoms with E-state index in [1.54, 1.807) is 17.9 Å². The Morgan fingerprint density at radius 1 is 1.30 bits per heavy atom. The van der Waals surface area contributed by atoms with E-state index in [0.29, 0.717) is 25.3 Å². The van der Waals surface area contributed by atoms with Crippen molar-refractivity contribution in [2.24, 2.45) is 0 Å². The number of benzene rings is 2. The van der Waals surface area contributed by atoms with Gasteiger partial charge in [-0.15, -0.1) is 0 Å². The van der Waals surface area contributed by atoms with E-state index in [-0.39, 0.29) is 18.2 Å². The fourth-order valence-corrected chi connectivity index (χ4v) is 4.30. The van der Waals surface area contributed by atoms with Crippen LogP contribution in [0.1, 0.15) is 24.5 Å². The van der Waals surface area contributed by atoms with E-state index in [9.17, 15) is 19.2 Å². The first-order chi connectivity index (χ1) is 16.0. The molecule has 2 aromatic rings. The lowest BCUT2D eigenvalue weighted by molar-refractivity contribution is -0.132. The SMILES string of the molecule is CC(=O)N1CCc2cc(-c3ccc(CC(C#N)NC(=O)[C@@H]4CNCCCO4)c(F)c3)ccc21. The van der Waals surface area contributed by atoms with Crippen molar-refractivity contribution in [1.29, 1.82) is 5.26 Å². The highest BCUT2D eigenvalue weighted by Crippen LogP contribution is 2.33. The van der Waals surface area contributed by atoms with Crippen molar-refractivity contribution >= 4 is 17.5 Å². The number of ether oxygens (including phenoxy) is 1. The minimum Gasteiger partial charge on any atom is -0.367 e. The van der Waals surface area contributed by atoms with Crippen LogP contribution in [0, 0.1) is 17.1 Å². The first kappa shape index (κ1) is 22.9. The van der Waals surface area contributed by atoms with Crippen molar-refractivity contribution in [1.82, 2.24) is 10.6 Å². The summed E-state index contributed by atoms with van der Waals surface area (Å²) in [5.74, 6) is -0.788. The number of nitrogens with one attached hydrogen (secondary N) is 2. The summed E-state index contributed by atoms with van der Waals surface area (Å²) < 4.78 is 20.4. The van der Waals surface area contributed by atoms with E-state index in [1.807, 2.05) is 30.3 Å². The minimum atomic E-state index is -0.859. The van der Waals surface area contributed by atoms with Gasteiger partial charge in [0, 0.05) is 38.7 Å². The number of hydrogen-bond acceptors (Lipinski definition) is 5. The second kappa shape index (κ2) is 10.1. The number of rotatable bonds is 5. The van der Waals surface area contributed by atoms with Gasteiger partial charge in [0.2, 0.25) is 5.91 Å². The molecule has 4 rings (SSSR count). The van der Waals surface area contributed by atoms with E-state index in [0.717, 1.165) is 41.8 Å². The predicted molar refractivity (Wildman–Crippen MR) is 122 cm³/mol. The van der Waals surface area contributed by atoms with Gasteiger partial charge in [0.25, 0.3) is 5.91 Å². The lowest BCUT2D eigenvalue weighted by Gasteiger charge is -2.18. The number of amides is 2. The van der Waals surface area contributed by atoms with Crippen LogP contribution in [0.15, 0.2) is 36.4 Å². The number of hydrogen-bond donors (Lipinski definition) is 2. The molecule has 8 heteroatoms. The highest BCUT2D eigenvalue weighted by atomic mass is 19.1. The molecular weight excluding hydrogens is 423 g/mol. The van der Waals surface area contributed by atoms with E-state index in [1.165, 1.54) is 6.07 Å². The maximum Gasteiger partial charge on any atom is 0.251 e. The molecule has 2 atom stereocenters. The molecule has 1 unspecified atom stereocenters. The molecule has 0 bridgehead atoms. The summed E-state index contributed by atoms with van der Waals surface area (Å²) in [4.78, 5) is 25.9. The molecule has 2 amide bonds. The summed E-state index contributed by atoms with van der Waals surface area (Å²) in [5.41, 5.74) is 3.91. The molecule has 0 radical (unpaired) electrons. The average molecular weight is 451 g/mol. The largest absolute Gasteiger partial charge is 0.367 e. The number of carbonyl (C=O) groups is 2. The van der Waals surface area contributed by atoms with Crippen LogP contribution < -0.4 is 15.5 Å². The fourth-order valence-electron chi connectivity index (χ4n) is 4.30. The molecule has 1 fully saturated rings. The summed E-state index contributed by atoms with van der Waals surface area (Å²) in [6.07, 6.45) is 0.996. The van der Waals surface area contributed by atoms with Gasteiger partial charge in [0.1, 0.15) is 18.0 Å². The van der Waals surface area contributed by atoms with Crippen LogP contribution in [0.3, 0.4) is 0 Å². The van der Waals surface area contributed by atoms with Crippen molar-refractivity contribution in [3.63, 3.8) is 0 Å². The van der Waals surface area contributed by atoms with Gasteiger partial charge in [-0.25, -0.2) is 4.39 Å². The average Bonchev–Trinajstić information content (AvgIpc) is 3.04. The molecule has 2 N–H and O–H groups in total. The highest BCUT2D eigenvalue weighted by molar-refractivity contribution is 5.94. The third kappa shape index (κ3) is 5.21.